The Balaban J connectivity index is 1.58. The zero-order valence-electron chi connectivity index (χ0n) is 15.6. The molecule has 0 fully saturated rings. The molecule has 0 bridgehead atoms. The molecule has 1 aliphatic rings. The molecule has 0 saturated heterocycles. The lowest BCUT2D eigenvalue weighted by molar-refractivity contribution is 0.0681. The minimum Gasteiger partial charge on any atom is -0.330 e. The molecule has 1 amide bonds. The lowest BCUT2D eigenvalue weighted by Gasteiger charge is -2.26. The first-order valence-electron chi connectivity index (χ1n) is 9.09. The Morgan fingerprint density at radius 2 is 1.52 bits per heavy atom. The van der Waals surface area contributed by atoms with Crippen LogP contribution >= 0.6 is 0 Å². The molecule has 0 N–H and O–H groups in total. The maximum absolute atomic E-state index is 12.9. The molecule has 1 aliphatic heterocycles. The van der Waals surface area contributed by atoms with E-state index in [4.69, 9.17) is 0 Å². The second kappa shape index (κ2) is 6.87. The summed E-state index contributed by atoms with van der Waals surface area (Å²) in [4.78, 5) is 27.3. The van der Waals surface area contributed by atoms with Gasteiger partial charge in [-0.15, -0.1) is 5.10 Å². The highest BCUT2D eigenvalue weighted by Gasteiger charge is 2.29. The lowest BCUT2D eigenvalue weighted by atomic mass is 10.1. The predicted molar refractivity (Wildman–Crippen MR) is 103 cm³/mol. The summed E-state index contributed by atoms with van der Waals surface area (Å²) in [7, 11) is 0. The fourth-order valence-corrected chi connectivity index (χ4v) is 3.53. The van der Waals surface area contributed by atoms with E-state index in [1.807, 2.05) is 56.3 Å². The van der Waals surface area contributed by atoms with Crippen LogP contribution in [0.25, 0.3) is 0 Å². The van der Waals surface area contributed by atoms with E-state index in [2.05, 4.69) is 11.2 Å². The summed E-state index contributed by atoms with van der Waals surface area (Å²) >= 11 is 0. The van der Waals surface area contributed by atoms with Crippen molar-refractivity contribution in [2.75, 3.05) is 6.54 Å². The molecule has 0 atom stereocenters. The van der Waals surface area contributed by atoms with Crippen LogP contribution < -0.4 is 5.69 Å². The number of benzene rings is 2. The van der Waals surface area contributed by atoms with Gasteiger partial charge in [0.15, 0.2) is 0 Å². The van der Waals surface area contributed by atoms with E-state index in [1.54, 1.807) is 4.90 Å². The van der Waals surface area contributed by atoms with Gasteiger partial charge in [-0.1, -0.05) is 59.7 Å². The summed E-state index contributed by atoms with van der Waals surface area (Å²) in [5.74, 6) is 0.0365. The number of carbonyl (C=O) groups is 1. The van der Waals surface area contributed by atoms with Gasteiger partial charge in [0.2, 0.25) is 5.82 Å². The quantitative estimate of drug-likeness (QED) is 0.716. The number of hydrogen-bond acceptors (Lipinski definition) is 3. The van der Waals surface area contributed by atoms with Gasteiger partial charge in [-0.3, -0.25) is 9.36 Å². The first-order valence-corrected chi connectivity index (χ1v) is 9.09. The maximum atomic E-state index is 12.9. The van der Waals surface area contributed by atoms with Crippen LogP contribution in [0.2, 0.25) is 0 Å². The third-order valence-corrected chi connectivity index (χ3v) is 4.87. The Hall–Kier alpha value is -3.15. The molecule has 3 aromatic rings. The molecule has 27 heavy (non-hydrogen) atoms. The Labute approximate surface area is 157 Å². The van der Waals surface area contributed by atoms with Crippen molar-refractivity contribution < 1.29 is 4.79 Å². The number of nitrogens with zero attached hydrogens (tertiary/aromatic N) is 4. The monoisotopic (exact) mass is 362 g/mol. The van der Waals surface area contributed by atoms with Gasteiger partial charge in [0.05, 0.1) is 6.54 Å². The zero-order chi connectivity index (χ0) is 19.0. The summed E-state index contributed by atoms with van der Waals surface area (Å²) in [6.07, 6.45) is 0. The number of rotatable bonds is 4. The summed E-state index contributed by atoms with van der Waals surface area (Å²) in [5, 5.41) is 4.34. The van der Waals surface area contributed by atoms with Crippen molar-refractivity contribution in [2.45, 2.75) is 33.5 Å². The van der Waals surface area contributed by atoms with Gasteiger partial charge < -0.3 is 4.90 Å². The SMILES string of the molecule is Cc1cccc(CN2CCn3c(nn(Cc4cccc(C)c4)c3=O)C2=O)c1. The standard InChI is InChI=1S/C21H22N4O2/c1-15-5-3-7-17(11-15)13-23-9-10-24-19(20(23)26)22-25(21(24)27)14-18-8-4-6-16(2)12-18/h3-8,11-12H,9-10,13-14H2,1-2H3. The molecule has 2 heterocycles. The predicted octanol–water partition coefficient (Wildman–Crippen LogP) is 2.37. The number of hydrogen-bond donors (Lipinski definition) is 0. The van der Waals surface area contributed by atoms with Crippen LogP contribution in [0, 0.1) is 13.8 Å². The topological polar surface area (TPSA) is 60.1 Å². The first-order chi connectivity index (χ1) is 13.0. The number of aryl methyl sites for hydroxylation is 2. The number of amides is 1. The van der Waals surface area contributed by atoms with Crippen molar-refractivity contribution in [3.8, 4) is 0 Å². The maximum Gasteiger partial charge on any atom is 0.346 e. The fourth-order valence-electron chi connectivity index (χ4n) is 3.53. The Bertz CT molecular complexity index is 1060. The fraction of sp³-hybridized carbons (Fsp3) is 0.286. The van der Waals surface area contributed by atoms with Gasteiger partial charge in [0.25, 0.3) is 5.91 Å². The molecule has 4 rings (SSSR count). The van der Waals surface area contributed by atoms with Crippen LogP contribution in [0.15, 0.2) is 53.3 Å². The van der Waals surface area contributed by atoms with Crippen molar-refractivity contribution in [3.63, 3.8) is 0 Å². The summed E-state index contributed by atoms with van der Waals surface area (Å²) < 4.78 is 2.88. The van der Waals surface area contributed by atoms with E-state index in [1.165, 1.54) is 9.25 Å². The molecule has 0 spiro atoms. The summed E-state index contributed by atoms with van der Waals surface area (Å²) in [6, 6.07) is 16.1. The molecular weight excluding hydrogens is 340 g/mol. The van der Waals surface area contributed by atoms with Gasteiger partial charge in [-0.05, 0) is 25.0 Å². The third-order valence-electron chi connectivity index (χ3n) is 4.87. The average molecular weight is 362 g/mol. The van der Waals surface area contributed by atoms with Gasteiger partial charge >= 0.3 is 5.69 Å². The van der Waals surface area contributed by atoms with Crippen molar-refractivity contribution in [2.24, 2.45) is 0 Å². The molecule has 6 heteroatoms. The van der Waals surface area contributed by atoms with E-state index >= 15 is 0 Å². The summed E-state index contributed by atoms with van der Waals surface area (Å²) in [5.41, 5.74) is 4.14. The molecule has 2 aromatic carbocycles. The van der Waals surface area contributed by atoms with Crippen LogP contribution in [-0.4, -0.2) is 31.7 Å². The van der Waals surface area contributed by atoms with Crippen LogP contribution in [0.3, 0.4) is 0 Å². The molecule has 6 nitrogen and oxygen atoms in total. The molecule has 1 aromatic heterocycles. The van der Waals surface area contributed by atoms with Crippen molar-refractivity contribution >= 4 is 5.91 Å². The number of carbonyl (C=O) groups excluding carboxylic acids is 1. The molecule has 0 saturated carbocycles. The van der Waals surface area contributed by atoms with E-state index in [-0.39, 0.29) is 17.4 Å². The molecule has 0 aliphatic carbocycles. The Kier molecular flexibility index (Phi) is 4.39. The molecule has 0 radical (unpaired) electrons. The molecule has 0 unspecified atom stereocenters. The van der Waals surface area contributed by atoms with Gasteiger partial charge in [-0.25, -0.2) is 9.48 Å². The van der Waals surface area contributed by atoms with Crippen LogP contribution in [0.4, 0.5) is 0 Å². The Morgan fingerprint density at radius 3 is 2.15 bits per heavy atom. The third kappa shape index (κ3) is 3.43. The van der Waals surface area contributed by atoms with E-state index in [0.717, 1.165) is 22.3 Å². The average Bonchev–Trinajstić information content (AvgIpc) is 2.94. The van der Waals surface area contributed by atoms with E-state index in [0.29, 0.717) is 26.2 Å². The number of aromatic nitrogens is 3. The first kappa shape index (κ1) is 17.3. The molecule has 138 valence electrons. The molecular formula is C21H22N4O2. The van der Waals surface area contributed by atoms with Crippen LogP contribution in [0.5, 0.6) is 0 Å². The zero-order valence-corrected chi connectivity index (χ0v) is 15.6. The second-order valence-corrected chi connectivity index (χ2v) is 7.12. The van der Waals surface area contributed by atoms with Gasteiger partial charge in [0.1, 0.15) is 0 Å². The minimum absolute atomic E-state index is 0.192. The highest BCUT2D eigenvalue weighted by atomic mass is 16.2. The number of fused-ring (bicyclic) bond motifs is 1. The van der Waals surface area contributed by atoms with Crippen LogP contribution in [-0.2, 0) is 19.6 Å². The summed E-state index contributed by atoms with van der Waals surface area (Å²) in [6.45, 7) is 5.92. The second-order valence-electron chi connectivity index (χ2n) is 7.12. The van der Waals surface area contributed by atoms with E-state index < -0.39 is 0 Å². The van der Waals surface area contributed by atoms with Gasteiger partial charge in [0, 0.05) is 19.6 Å². The largest absolute Gasteiger partial charge is 0.346 e. The highest BCUT2D eigenvalue weighted by Crippen LogP contribution is 2.14. The van der Waals surface area contributed by atoms with Crippen LogP contribution in [0.1, 0.15) is 32.9 Å². The van der Waals surface area contributed by atoms with Gasteiger partial charge in [-0.2, -0.15) is 0 Å². The van der Waals surface area contributed by atoms with Crippen molar-refractivity contribution in [1.82, 2.24) is 19.2 Å². The lowest BCUT2D eigenvalue weighted by Crippen LogP contribution is -2.42. The smallest absolute Gasteiger partial charge is 0.330 e. The normalized spacial score (nSPS) is 13.7. The highest BCUT2D eigenvalue weighted by molar-refractivity contribution is 5.91. The van der Waals surface area contributed by atoms with Crippen molar-refractivity contribution in [3.05, 3.63) is 87.1 Å². The minimum atomic E-state index is -0.227. The van der Waals surface area contributed by atoms with Crippen molar-refractivity contribution in [1.29, 1.82) is 0 Å². The van der Waals surface area contributed by atoms with E-state index in [9.17, 15) is 9.59 Å². The Morgan fingerprint density at radius 1 is 0.889 bits per heavy atom.